The highest BCUT2D eigenvalue weighted by Crippen LogP contribution is 2.16. The molecule has 1 aromatic carbocycles. The number of carbonyl (C=O) groups excluding carboxylic acids is 1. The third-order valence-corrected chi connectivity index (χ3v) is 2.71. The third kappa shape index (κ3) is 3.07. The van der Waals surface area contributed by atoms with Gasteiger partial charge in [0.2, 0.25) is 5.88 Å². The van der Waals surface area contributed by atoms with E-state index in [4.69, 9.17) is 4.74 Å². The van der Waals surface area contributed by atoms with Gasteiger partial charge in [0.25, 0.3) is 5.91 Å². The number of carbonyl (C=O) groups is 1. The molecule has 5 nitrogen and oxygen atoms in total. The molecule has 2 rings (SSSR count). The van der Waals surface area contributed by atoms with Gasteiger partial charge in [0, 0.05) is 11.8 Å². The Morgan fingerprint density at radius 2 is 1.95 bits per heavy atom. The number of rotatable bonds is 3. The molecule has 0 fully saturated rings. The topological polar surface area (TPSA) is 64.1 Å². The lowest BCUT2D eigenvalue weighted by Gasteiger charge is -2.08. The van der Waals surface area contributed by atoms with E-state index in [1.54, 1.807) is 12.1 Å². The number of anilines is 1. The maximum absolute atomic E-state index is 12.0. The highest BCUT2D eigenvalue weighted by molar-refractivity contribution is 6.03. The second kappa shape index (κ2) is 5.48. The van der Waals surface area contributed by atoms with Crippen LogP contribution in [0.25, 0.3) is 0 Å². The fourth-order valence-corrected chi connectivity index (χ4v) is 1.69. The van der Waals surface area contributed by atoms with Gasteiger partial charge in [-0.2, -0.15) is 0 Å². The number of methoxy groups -OCH3 is 1. The molecule has 0 unspecified atom stereocenters. The van der Waals surface area contributed by atoms with Gasteiger partial charge >= 0.3 is 0 Å². The largest absolute Gasteiger partial charge is 0.480 e. The van der Waals surface area contributed by atoms with Gasteiger partial charge in [-0.25, -0.2) is 0 Å². The van der Waals surface area contributed by atoms with Gasteiger partial charge < -0.3 is 10.1 Å². The molecule has 0 saturated heterocycles. The summed E-state index contributed by atoms with van der Waals surface area (Å²) in [5, 5.41) is 10.4. The minimum absolute atomic E-state index is 0.251. The molecular formula is C14H15N3O2. The third-order valence-electron chi connectivity index (χ3n) is 2.71. The van der Waals surface area contributed by atoms with Crippen molar-refractivity contribution in [1.29, 1.82) is 0 Å². The number of amides is 1. The molecule has 5 heteroatoms. The maximum Gasteiger partial charge on any atom is 0.276 e. The summed E-state index contributed by atoms with van der Waals surface area (Å²) in [6.45, 7) is 3.95. The van der Waals surface area contributed by atoms with Crippen LogP contribution in [-0.4, -0.2) is 23.2 Å². The number of nitrogens with zero attached hydrogens (tertiary/aromatic N) is 2. The van der Waals surface area contributed by atoms with Crippen LogP contribution in [0.1, 0.15) is 21.6 Å². The zero-order chi connectivity index (χ0) is 13.8. The van der Waals surface area contributed by atoms with Crippen LogP contribution in [0.5, 0.6) is 5.88 Å². The Bertz CT molecular complexity index is 594. The van der Waals surface area contributed by atoms with Gasteiger partial charge in [-0.15, -0.1) is 10.2 Å². The summed E-state index contributed by atoms with van der Waals surface area (Å²) in [5.41, 5.74) is 3.18. The zero-order valence-corrected chi connectivity index (χ0v) is 11.1. The lowest BCUT2D eigenvalue weighted by molar-refractivity contribution is 0.102. The number of benzene rings is 1. The van der Waals surface area contributed by atoms with Crippen LogP contribution in [0, 0.1) is 13.8 Å². The summed E-state index contributed by atoms with van der Waals surface area (Å²) in [5.74, 6) is 0.0881. The van der Waals surface area contributed by atoms with Crippen molar-refractivity contribution in [3.63, 3.8) is 0 Å². The van der Waals surface area contributed by atoms with Crippen molar-refractivity contribution in [2.45, 2.75) is 13.8 Å². The van der Waals surface area contributed by atoms with Gasteiger partial charge in [0.15, 0.2) is 5.69 Å². The Kier molecular flexibility index (Phi) is 3.75. The van der Waals surface area contributed by atoms with E-state index < -0.39 is 0 Å². The molecule has 0 aliphatic carbocycles. The van der Waals surface area contributed by atoms with E-state index in [2.05, 4.69) is 15.5 Å². The van der Waals surface area contributed by atoms with Crippen molar-refractivity contribution in [3.05, 3.63) is 47.2 Å². The number of hydrogen-bond donors (Lipinski definition) is 1. The lowest BCUT2D eigenvalue weighted by Crippen LogP contribution is -2.15. The first kappa shape index (κ1) is 13.0. The van der Waals surface area contributed by atoms with E-state index in [0.717, 1.165) is 16.8 Å². The van der Waals surface area contributed by atoms with E-state index in [-0.39, 0.29) is 11.6 Å². The Balaban J connectivity index is 2.15. The molecule has 1 heterocycles. The number of hydrogen-bond acceptors (Lipinski definition) is 4. The number of aryl methyl sites for hydroxylation is 2. The van der Waals surface area contributed by atoms with Gasteiger partial charge in [0.05, 0.1) is 7.11 Å². The normalized spacial score (nSPS) is 10.1. The SMILES string of the molecule is COc1ccc(C(=O)Nc2ccc(C)cc2C)nn1. The minimum Gasteiger partial charge on any atom is -0.480 e. The highest BCUT2D eigenvalue weighted by atomic mass is 16.5. The molecule has 0 spiro atoms. The van der Waals surface area contributed by atoms with E-state index in [0.29, 0.717) is 5.88 Å². The van der Waals surface area contributed by atoms with Crippen LogP contribution in [0.15, 0.2) is 30.3 Å². The van der Waals surface area contributed by atoms with Gasteiger partial charge in [-0.05, 0) is 31.5 Å². The first-order valence-electron chi connectivity index (χ1n) is 5.86. The van der Waals surface area contributed by atoms with Crippen LogP contribution < -0.4 is 10.1 Å². The average molecular weight is 257 g/mol. The Morgan fingerprint density at radius 1 is 1.16 bits per heavy atom. The number of aromatic nitrogens is 2. The second-order valence-corrected chi connectivity index (χ2v) is 4.23. The van der Waals surface area contributed by atoms with Crippen LogP contribution in [0.3, 0.4) is 0 Å². The van der Waals surface area contributed by atoms with E-state index in [1.165, 1.54) is 7.11 Å². The predicted octanol–water partition coefficient (Wildman–Crippen LogP) is 2.35. The zero-order valence-electron chi connectivity index (χ0n) is 11.1. The molecule has 1 aromatic heterocycles. The summed E-state index contributed by atoms with van der Waals surface area (Å²) in [4.78, 5) is 12.0. The summed E-state index contributed by atoms with van der Waals surface area (Å²) >= 11 is 0. The van der Waals surface area contributed by atoms with Crippen molar-refractivity contribution in [2.24, 2.45) is 0 Å². The molecule has 0 bridgehead atoms. The fourth-order valence-electron chi connectivity index (χ4n) is 1.69. The van der Waals surface area contributed by atoms with E-state index >= 15 is 0 Å². The molecule has 1 N–H and O–H groups in total. The van der Waals surface area contributed by atoms with Crippen molar-refractivity contribution < 1.29 is 9.53 Å². The number of ether oxygens (including phenoxy) is 1. The quantitative estimate of drug-likeness (QED) is 0.916. The molecule has 1 amide bonds. The molecule has 0 atom stereocenters. The van der Waals surface area contributed by atoms with Crippen molar-refractivity contribution in [1.82, 2.24) is 10.2 Å². The molecule has 19 heavy (non-hydrogen) atoms. The molecule has 98 valence electrons. The molecule has 0 radical (unpaired) electrons. The van der Waals surface area contributed by atoms with Crippen molar-refractivity contribution in [3.8, 4) is 5.88 Å². The van der Waals surface area contributed by atoms with Gasteiger partial charge in [-0.1, -0.05) is 17.7 Å². The molecular weight excluding hydrogens is 242 g/mol. The van der Waals surface area contributed by atoms with Gasteiger partial charge in [0.1, 0.15) is 0 Å². The minimum atomic E-state index is -0.290. The van der Waals surface area contributed by atoms with Gasteiger partial charge in [-0.3, -0.25) is 4.79 Å². The first-order chi connectivity index (χ1) is 9.10. The predicted molar refractivity (Wildman–Crippen MR) is 72.5 cm³/mol. The number of nitrogens with one attached hydrogen (secondary N) is 1. The van der Waals surface area contributed by atoms with Crippen molar-refractivity contribution in [2.75, 3.05) is 12.4 Å². The Labute approximate surface area is 111 Å². The second-order valence-electron chi connectivity index (χ2n) is 4.23. The molecule has 2 aromatic rings. The molecule has 0 saturated carbocycles. The summed E-state index contributed by atoms with van der Waals surface area (Å²) in [6, 6.07) is 9.01. The average Bonchev–Trinajstić information content (AvgIpc) is 2.42. The Hall–Kier alpha value is -2.43. The molecule has 0 aliphatic heterocycles. The van der Waals surface area contributed by atoms with Crippen molar-refractivity contribution >= 4 is 11.6 Å². The van der Waals surface area contributed by atoms with Crippen LogP contribution in [-0.2, 0) is 0 Å². The van der Waals surface area contributed by atoms with E-state index in [1.807, 2.05) is 32.0 Å². The first-order valence-corrected chi connectivity index (χ1v) is 5.86. The highest BCUT2D eigenvalue weighted by Gasteiger charge is 2.10. The standard InChI is InChI=1S/C14H15N3O2/c1-9-4-5-11(10(2)8-9)15-14(18)12-6-7-13(19-3)17-16-12/h4-8H,1-3H3,(H,15,18). The van der Waals surface area contributed by atoms with Crippen LogP contribution >= 0.6 is 0 Å². The summed E-state index contributed by atoms with van der Waals surface area (Å²) in [6.07, 6.45) is 0. The maximum atomic E-state index is 12.0. The smallest absolute Gasteiger partial charge is 0.276 e. The fraction of sp³-hybridized carbons (Fsp3) is 0.214. The van der Waals surface area contributed by atoms with E-state index in [9.17, 15) is 4.79 Å². The van der Waals surface area contributed by atoms with Crippen LogP contribution in [0.4, 0.5) is 5.69 Å². The van der Waals surface area contributed by atoms with Crippen LogP contribution in [0.2, 0.25) is 0 Å². The summed E-state index contributed by atoms with van der Waals surface area (Å²) in [7, 11) is 1.50. The monoisotopic (exact) mass is 257 g/mol. The summed E-state index contributed by atoms with van der Waals surface area (Å²) < 4.78 is 4.89. The Morgan fingerprint density at radius 3 is 2.53 bits per heavy atom. The molecule has 0 aliphatic rings. The lowest BCUT2D eigenvalue weighted by atomic mass is 10.1.